The summed E-state index contributed by atoms with van der Waals surface area (Å²) in [6.07, 6.45) is 3.33. The third kappa shape index (κ3) is 1.78. The summed E-state index contributed by atoms with van der Waals surface area (Å²) < 4.78 is 5.29. The molecule has 88 valence electrons. The molecule has 0 bridgehead atoms. The number of nitrogens with two attached hydrogens (primary N) is 1. The zero-order chi connectivity index (χ0) is 11.8. The number of nitrogen functional groups attached to an aromatic ring is 1. The Labute approximate surface area is 104 Å². The monoisotopic (exact) mass is 246 g/mol. The Morgan fingerprint density at radius 3 is 3.06 bits per heavy atom. The van der Waals surface area contributed by atoms with Crippen molar-refractivity contribution in [2.45, 2.75) is 19.3 Å². The molecule has 1 aliphatic rings. The molecule has 3 nitrogen and oxygen atoms in total. The van der Waals surface area contributed by atoms with Crippen molar-refractivity contribution in [3.8, 4) is 17.0 Å². The molecule has 3 rings (SSSR count). The van der Waals surface area contributed by atoms with E-state index in [0.717, 1.165) is 30.7 Å². The highest BCUT2D eigenvalue weighted by Crippen LogP contribution is 2.37. The molecule has 17 heavy (non-hydrogen) atoms. The molecule has 1 aliphatic carbocycles. The first-order chi connectivity index (χ1) is 8.28. The summed E-state index contributed by atoms with van der Waals surface area (Å²) in [5.41, 5.74) is 9.40. The van der Waals surface area contributed by atoms with Crippen LogP contribution in [0.25, 0.3) is 11.3 Å². The molecule has 1 aromatic carbocycles. The lowest BCUT2D eigenvalue weighted by atomic mass is 10.0. The standard InChI is InChI=1S/C13H14N2OS/c1-16-9-6-5-8-3-2-4-11-12(10(8)7-9)15-13(14)17-11/h5-7H,2-4H2,1H3,(H2,14,15). The second kappa shape index (κ2) is 4.04. The van der Waals surface area contributed by atoms with Crippen molar-refractivity contribution in [3.63, 3.8) is 0 Å². The lowest BCUT2D eigenvalue weighted by Crippen LogP contribution is -1.91. The van der Waals surface area contributed by atoms with Crippen LogP contribution < -0.4 is 10.5 Å². The largest absolute Gasteiger partial charge is 0.497 e. The molecular formula is C13H14N2OS. The first-order valence-corrected chi connectivity index (χ1v) is 6.52. The molecule has 0 atom stereocenters. The highest BCUT2D eigenvalue weighted by atomic mass is 32.1. The van der Waals surface area contributed by atoms with E-state index in [1.165, 1.54) is 16.0 Å². The van der Waals surface area contributed by atoms with Gasteiger partial charge in [0, 0.05) is 10.4 Å². The maximum Gasteiger partial charge on any atom is 0.180 e. The predicted molar refractivity (Wildman–Crippen MR) is 70.5 cm³/mol. The van der Waals surface area contributed by atoms with Crippen molar-refractivity contribution >= 4 is 16.5 Å². The number of fused-ring (bicyclic) bond motifs is 3. The zero-order valence-electron chi connectivity index (χ0n) is 9.69. The van der Waals surface area contributed by atoms with Gasteiger partial charge in [-0.3, -0.25) is 0 Å². The summed E-state index contributed by atoms with van der Waals surface area (Å²) in [6, 6.07) is 6.22. The number of thiazole rings is 1. The van der Waals surface area contributed by atoms with E-state index in [1.807, 2.05) is 6.07 Å². The average Bonchev–Trinajstić information content (AvgIpc) is 2.63. The van der Waals surface area contributed by atoms with Crippen molar-refractivity contribution in [1.82, 2.24) is 4.98 Å². The van der Waals surface area contributed by atoms with Gasteiger partial charge in [0.15, 0.2) is 5.13 Å². The number of aromatic nitrogens is 1. The number of anilines is 1. The van der Waals surface area contributed by atoms with Crippen LogP contribution in [0, 0.1) is 0 Å². The van der Waals surface area contributed by atoms with Crippen LogP contribution in [0.3, 0.4) is 0 Å². The number of hydrogen-bond donors (Lipinski definition) is 1. The molecule has 1 aromatic heterocycles. The molecule has 2 aromatic rings. The van der Waals surface area contributed by atoms with Crippen LogP contribution in [0.5, 0.6) is 5.75 Å². The molecule has 2 N–H and O–H groups in total. The van der Waals surface area contributed by atoms with E-state index in [0.29, 0.717) is 5.13 Å². The van der Waals surface area contributed by atoms with E-state index in [4.69, 9.17) is 10.5 Å². The van der Waals surface area contributed by atoms with Gasteiger partial charge in [0.2, 0.25) is 0 Å². The molecule has 0 radical (unpaired) electrons. The number of nitrogens with zero attached hydrogens (tertiary/aromatic N) is 1. The number of methoxy groups -OCH3 is 1. The van der Waals surface area contributed by atoms with Gasteiger partial charge in [-0.1, -0.05) is 6.07 Å². The second-order valence-corrected chi connectivity index (χ2v) is 5.32. The van der Waals surface area contributed by atoms with Gasteiger partial charge in [-0.2, -0.15) is 0 Å². The number of aryl methyl sites for hydroxylation is 2. The molecule has 0 spiro atoms. The maximum absolute atomic E-state index is 5.81. The minimum absolute atomic E-state index is 0.658. The Morgan fingerprint density at radius 2 is 2.24 bits per heavy atom. The zero-order valence-corrected chi connectivity index (χ0v) is 10.5. The highest BCUT2D eigenvalue weighted by Gasteiger charge is 2.18. The van der Waals surface area contributed by atoms with Crippen LogP contribution in [0.15, 0.2) is 18.2 Å². The molecule has 0 unspecified atom stereocenters. The fraction of sp³-hybridized carbons (Fsp3) is 0.308. The van der Waals surface area contributed by atoms with Crippen molar-refractivity contribution in [2.75, 3.05) is 12.8 Å². The first-order valence-electron chi connectivity index (χ1n) is 5.70. The van der Waals surface area contributed by atoms with E-state index in [-0.39, 0.29) is 0 Å². The summed E-state index contributed by atoms with van der Waals surface area (Å²) in [7, 11) is 1.69. The maximum atomic E-state index is 5.81. The molecule has 0 aliphatic heterocycles. The Balaban J connectivity index is 2.22. The SMILES string of the molecule is COc1ccc2c(c1)-c1nc(N)sc1CCC2. The summed E-state index contributed by atoms with van der Waals surface area (Å²) in [5, 5.41) is 0.658. The smallest absolute Gasteiger partial charge is 0.180 e. The van der Waals surface area contributed by atoms with Gasteiger partial charge < -0.3 is 10.5 Å². The van der Waals surface area contributed by atoms with Crippen LogP contribution in [-0.2, 0) is 12.8 Å². The quantitative estimate of drug-likeness (QED) is 0.841. The fourth-order valence-electron chi connectivity index (χ4n) is 2.31. The van der Waals surface area contributed by atoms with Crippen molar-refractivity contribution in [1.29, 1.82) is 0 Å². The van der Waals surface area contributed by atoms with Gasteiger partial charge in [-0.05, 0) is 37.0 Å². The van der Waals surface area contributed by atoms with Crippen molar-refractivity contribution in [3.05, 3.63) is 28.6 Å². The highest BCUT2D eigenvalue weighted by molar-refractivity contribution is 7.15. The van der Waals surface area contributed by atoms with Crippen LogP contribution in [-0.4, -0.2) is 12.1 Å². The fourth-order valence-corrected chi connectivity index (χ4v) is 3.20. The summed E-state index contributed by atoms with van der Waals surface area (Å²) in [5.74, 6) is 0.878. The normalized spacial score (nSPS) is 13.7. The lowest BCUT2D eigenvalue weighted by Gasteiger charge is -2.07. The average molecular weight is 246 g/mol. The Hall–Kier alpha value is -1.55. The third-order valence-electron chi connectivity index (χ3n) is 3.14. The van der Waals surface area contributed by atoms with Crippen LogP contribution in [0.1, 0.15) is 16.9 Å². The van der Waals surface area contributed by atoms with Crippen LogP contribution in [0.2, 0.25) is 0 Å². The molecule has 1 heterocycles. The number of hydrogen-bond acceptors (Lipinski definition) is 4. The van der Waals surface area contributed by atoms with E-state index in [9.17, 15) is 0 Å². The van der Waals surface area contributed by atoms with Gasteiger partial charge in [-0.25, -0.2) is 4.98 Å². The van der Waals surface area contributed by atoms with Crippen molar-refractivity contribution < 1.29 is 4.74 Å². The van der Waals surface area contributed by atoms with E-state index >= 15 is 0 Å². The number of ether oxygens (including phenoxy) is 1. The van der Waals surface area contributed by atoms with Gasteiger partial charge >= 0.3 is 0 Å². The van der Waals surface area contributed by atoms with Crippen LogP contribution in [0.4, 0.5) is 5.13 Å². The number of benzene rings is 1. The number of rotatable bonds is 1. The Morgan fingerprint density at radius 1 is 1.35 bits per heavy atom. The van der Waals surface area contributed by atoms with E-state index in [1.54, 1.807) is 18.4 Å². The van der Waals surface area contributed by atoms with Gasteiger partial charge in [0.1, 0.15) is 5.75 Å². The summed E-state index contributed by atoms with van der Waals surface area (Å²) in [6.45, 7) is 0. The van der Waals surface area contributed by atoms with Gasteiger partial charge in [0.05, 0.1) is 12.8 Å². The lowest BCUT2D eigenvalue weighted by molar-refractivity contribution is 0.415. The third-order valence-corrected chi connectivity index (χ3v) is 4.08. The predicted octanol–water partition coefficient (Wildman–Crippen LogP) is 2.89. The topological polar surface area (TPSA) is 48.1 Å². The second-order valence-electron chi connectivity index (χ2n) is 4.20. The van der Waals surface area contributed by atoms with Crippen LogP contribution >= 0.6 is 11.3 Å². The minimum Gasteiger partial charge on any atom is -0.497 e. The minimum atomic E-state index is 0.658. The molecule has 0 saturated heterocycles. The summed E-state index contributed by atoms with van der Waals surface area (Å²) in [4.78, 5) is 5.77. The molecule has 0 amide bonds. The van der Waals surface area contributed by atoms with E-state index in [2.05, 4.69) is 17.1 Å². The van der Waals surface area contributed by atoms with Crippen molar-refractivity contribution in [2.24, 2.45) is 0 Å². The summed E-state index contributed by atoms with van der Waals surface area (Å²) >= 11 is 1.61. The molecule has 4 heteroatoms. The molecular weight excluding hydrogens is 232 g/mol. The molecule has 0 saturated carbocycles. The Kier molecular flexibility index (Phi) is 2.52. The Bertz CT molecular complexity index is 563. The van der Waals surface area contributed by atoms with E-state index < -0.39 is 0 Å². The first kappa shape index (κ1) is 10.6. The molecule has 0 fully saturated rings. The van der Waals surface area contributed by atoms with Gasteiger partial charge in [-0.15, -0.1) is 11.3 Å². The van der Waals surface area contributed by atoms with Gasteiger partial charge in [0.25, 0.3) is 0 Å².